The van der Waals surface area contributed by atoms with Gasteiger partial charge in [0, 0.05) is 22.7 Å². The van der Waals surface area contributed by atoms with E-state index in [2.05, 4.69) is 54.2 Å². The molecule has 0 atom stereocenters. The van der Waals surface area contributed by atoms with Crippen LogP contribution < -0.4 is 5.32 Å². The monoisotopic (exact) mass is 351 g/mol. The van der Waals surface area contributed by atoms with Gasteiger partial charge in [-0.15, -0.1) is 0 Å². The number of aromatic nitrogens is 2. The molecule has 0 saturated heterocycles. The number of hydrogen-bond donors (Lipinski definition) is 1. The minimum atomic E-state index is 0.756. The third kappa shape index (κ3) is 3.05. The predicted molar refractivity (Wildman–Crippen MR) is 105 cm³/mol. The van der Waals surface area contributed by atoms with E-state index in [1.807, 2.05) is 12.1 Å². The summed E-state index contributed by atoms with van der Waals surface area (Å²) in [4.78, 5) is 0. The van der Waals surface area contributed by atoms with Crippen LogP contribution in [0.4, 0.5) is 5.82 Å². The smallest absolute Gasteiger partial charge is 0.133 e. The highest BCUT2D eigenvalue weighted by molar-refractivity contribution is 6.30. The zero-order chi connectivity index (χ0) is 17.4. The molecule has 4 rings (SSSR count). The highest BCUT2D eigenvalue weighted by atomic mass is 35.5. The Kier molecular flexibility index (Phi) is 4.26. The van der Waals surface area contributed by atoms with Gasteiger partial charge in [0.15, 0.2) is 0 Å². The first-order valence-corrected chi connectivity index (χ1v) is 9.20. The number of nitrogens with one attached hydrogen (secondary N) is 1. The van der Waals surface area contributed by atoms with Gasteiger partial charge in [-0.3, -0.25) is 0 Å². The summed E-state index contributed by atoms with van der Waals surface area (Å²) < 4.78 is 2.06. The molecular weight excluding hydrogens is 330 g/mol. The van der Waals surface area contributed by atoms with Crippen molar-refractivity contribution in [2.24, 2.45) is 0 Å². The number of aryl methyl sites for hydroxylation is 2. The molecule has 0 unspecified atom stereocenters. The van der Waals surface area contributed by atoms with Gasteiger partial charge >= 0.3 is 0 Å². The molecule has 128 valence electrons. The van der Waals surface area contributed by atoms with Crippen molar-refractivity contribution in [1.82, 2.24) is 9.78 Å². The number of fused-ring (bicyclic) bond motifs is 1. The highest BCUT2D eigenvalue weighted by Crippen LogP contribution is 2.35. The van der Waals surface area contributed by atoms with E-state index in [0.717, 1.165) is 40.8 Å². The molecule has 3 aromatic rings. The molecule has 2 heterocycles. The summed E-state index contributed by atoms with van der Waals surface area (Å²) >= 11 is 6.15. The Bertz CT molecular complexity index is 927. The minimum Gasteiger partial charge on any atom is -0.370 e. The number of rotatable bonds is 2. The zero-order valence-electron chi connectivity index (χ0n) is 14.6. The lowest BCUT2D eigenvalue weighted by atomic mass is 10.0. The quantitative estimate of drug-likeness (QED) is 0.655. The van der Waals surface area contributed by atoms with Crippen molar-refractivity contribution in [2.75, 3.05) is 11.9 Å². The van der Waals surface area contributed by atoms with E-state index < -0.39 is 0 Å². The van der Waals surface area contributed by atoms with Gasteiger partial charge in [0.1, 0.15) is 5.82 Å². The SMILES string of the molecule is Cc1cccc(-c2nn(-c3ccc(Cl)cc3C)c3c2CCCCN3)c1. The summed E-state index contributed by atoms with van der Waals surface area (Å²) in [5, 5.41) is 9.38. The Morgan fingerprint density at radius 1 is 1.08 bits per heavy atom. The van der Waals surface area contributed by atoms with Crippen LogP contribution in [0.5, 0.6) is 0 Å². The molecule has 0 spiro atoms. The van der Waals surface area contributed by atoms with E-state index in [1.54, 1.807) is 0 Å². The van der Waals surface area contributed by atoms with Crippen molar-refractivity contribution < 1.29 is 0 Å². The molecule has 0 radical (unpaired) electrons. The van der Waals surface area contributed by atoms with Crippen molar-refractivity contribution in [1.29, 1.82) is 0 Å². The lowest BCUT2D eigenvalue weighted by Gasteiger charge is -2.11. The Morgan fingerprint density at radius 2 is 1.96 bits per heavy atom. The molecule has 0 amide bonds. The second kappa shape index (κ2) is 6.57. The van der Waals surface area contributed by atoms with Gasteiger partial charge < -0.3 is 5.32 Å². The van der Waals surface area contributed by atoms with Gasteiger partial charge in [-0.25, -0.2) is 4.68 Å². The van der Waals surface area contributed by atoms with Gasteiger partial charge in [-0.05, 0) is 62.9 Å². The molecule has 2 aromatic carbocycles. The molecule has 25 heavy (non-hydrogen) atoms. The molecular formula is C21H22ClN3. The number of halogens is 1. The maximum absolute atomic E-state index is 6.15. The molecule has 0 aliphatic carbocycles. The Hall–Kier alpha value is -2.26. The number of anilines is 1. The van der Waals surface area contributed by atoms with E-state index in [9.17, 15) is 0 Å². The van der Waals surface area contributed by atoms with Gasteiger partial charge in [0.2, 0.25) is 0 Å². The van der Waals surface area contributed by atoms with E-state index in [-0.39, 0.29) is 0 Å². The maximum Gasteiger partial charge on any atom is 0.133 e. The fourth-order valence-electron chi connectivity index (χ4n) is 3.56. The van der Waals surface area contributed by atoms with Crippen LogP contribution in [0, 0.1) is 13.8 Å². The van der Waals surface area contributed by atoms with Crippen LogP contribution in [0.25, 0.3) is 16.9 Å². The fourth-order valence-corrected chi connectivity index (χ4v) is 3.78. The number of benzene rings is 2. The third-order valence-corrected chi connectivity index (χ3v) is 5.04. The van der Waals surface area contributed by atoms with Crippen molar-refractivity contribution in [3.63, 3.8) is 0 Å². The van der Waals surface area contributed by atoms with Crippen LogP contribution in [0.2, 0.25) is 5.02 Å². The predicted octanol–water partition coefficient (Wildman–Crippen LogP) is 5.56. The molecule has 0 fully saturated rings. The van der Waals surface area contributed by atoms with Crippen LogP contribution in [0.15, 0.2) is 42.5 Å². The average Bonchev–Trinajstić information content (AvgIpc) is 2.77. The van der Waals surface area contributed by atoms with E-state index in [0.29, 0.717) is 0 Å². The molecule has 4 heteroatoms. The molecule has 1 aliphatic heterocycles. The summed E-state index contributed by atoms with van der Waals surface area (Å²) in [6.45, 7) is 5.19. The first-order chi connectivity index (χ1) is 12.1. The normalized spacial score (nSPS) is 13.9. The summed E-state index contributed by atoms with van der Waals surface area (Å²) in [6.07, 6.45) is 3.42. The first-order valence-electron chi connectivity index (χ1n) is 8.83. The summed E-state index contributed by atoms with van der Waals surface area (Å²) in [6, 6.07) is 14.6. The molecule has 1 aromatic heterocycles. The summed E-state index contributed by atoms with van der Waals surface area (Å²) in [7, 11) is 0. The second-order valence-electron chi connectivity index (χ2n) is 6.77. The standard InChI is InChI=1S/C21H22ClN3/c1-14-6-5-7-16(12-14)20-18-8-3-4-11-23-21(18)25(24-20)19-10-9-17(22)13-15(19)2/h5-7,9-10,12-13,23H,3-4,8,11H2,1-2H3. The van der Waals surface area contributed by atoms with E-state index in [1.165, 1.54) is 29.5 Å². The van der Waals surface area contributed by atoms with Gasteiger partial charge in [-0.2, -0.15) is 5.10 Å². The van der Waals surface area contributed by atoms with E-state index >= 15 is 0 Å². The Balaban J connectivity index is 1.93. The zero-order valence-corrected chi connectivity index (χ0v) is 15.4. The Labute approximate surface area is 153 Å². The lowest BCUT2D eigenvalue weighted by Crippen LogP contribution is -2.08. The van der Waals surface area contributed by atoms with Crippen LogP contribution in [0.1, 0.15) is 29.5 Å². The largest absolute Gasteiger partial charge is 0.370 e. The molecule has 3 nitrogen and oxygen atoms in total. The maximum atomic E-state index is 6.15. The second-order valence-corrected chi connectivity index (χ2v) is 7.21. The summed E-state index contributed by atoms with van der Waals surface area (Å²) in [5.74, 6) is 1.12. The van der Waals surface area contributed by atoms with E-state index in [4.69, 9.17) is 16.7 Å². The molecule has 0 saturated carbocycles. The van der Waals surface area contributed by atoms with Gasteiger partial charge in [-0.1, -0.05) is 35.4 Å². The van der Waals surface area contributed by atoms with Gasteiger partial charge in [0.25, 0.3) is 0 Å². The number of hydrogen-bond acceptors (Lipinski definition) is 2. The van der Waals surface area contributed by atoms with Crippen LogP contribution in [-0.4, -0.2) is 16.3 Å². The fraction of sp³-hybridized carbons (Fsp3) is 0.286. The molecule has 1 aliphatic rings. The van der Waals surface area contributed by atoms with Crippen molar-refractivity contribution >= 4 is 17.4 Å². The lowest BCUT2D eigenvalue weighted by molar-refractivity contribution is 0.779. The summed E-state index contributed by atoms with van der Waals surface area (Å²) in [5.41, 5.74) is 7.05. The van der Waals surface area contributed by atoms with Crippen molar-refractivity contribution in [2.45, 2.75) is 33.1 Å². The van der Waals surface area contributed by atoms with Crippen LogP contribution >= 0.6 is 11.6 Å². The van der Waals surface area contributed by atoms with Gasteiger partial charge in [0.05, 0.1) is 11.4 Å². The third-order valence-electron chi connectivity index (χ3n) is 4.81. The van der Waals surface area contributed by atoms with Crippen LogP contribution in [0.3, 0.4) is 0 Å². The highest BCUT2D eigenvalue weighted by Gasteiger charge is 2.22. The average molecular weight is 352 g/mol. The molecule has 1 N–H and O–H groups in total. The molecule has 0 bridgehead atoms. The van der Waals surface area contributed by atoms with Crippen LogP contribution in [-0.2, 0) is 6.42 Å². The minimum absolute atomic E-state index is 0.756. The van der Waals surface area contributed by atoms with Crippen molar-refractivity contribution in [3.8, 4) is 16.9 Å². The van der Waals surface area contributed by atoms with Crippen molar-refractivity contribution in [3.05, 3.63) is 64.2 Å². The Morgan fingerprint density at radius 3 is 2.76 bits per heavy atom. The first kappa shape index (κ1) is 16.2. The topological polar surface area (TPSA) is 29.9 Å². The number of nitrogens with zero attached hydrogens (tertiary/aromatic N) is 2.